The predicted octanol–water partition coefficient (Wildman–Crippen LogP) is 2.36. The molecule has 1 amide bonds. The highest BCUT2D eigenvalue weighted by atomic mass is 32.1. The number of aromatic hydroxyl groups is 1. The Morgan fingerprint density at radius 2 is 2.00 bits per heavy atom. The first-order valence-electron chi connectivity index (χ1n) is 5.81. The van der Waals surface area contributed by atoms with Gasteiger partial charge in [0, 0.05) is 11.4 Å². The van der Waals surface area contributed by atoms with Gasteiger partial charge in [-0.15, -0.1) is 11.3 Å². The van der Waals surface area contributed by atoms with Crippen LogP contribution in [0.25, 0.3) is 0 Å². The van der Waals surface area contributed by atoms with E-state index in [1.807, 2.05) is 11.4 Å². The lowest BCUT2D eigenvalue weighted by molar-refractivity contribution is -0.120. The van der Waals surface area contributed by atoms with E-state index in [2.05, 4.69) is 11.4 Å². The molecule has 0 saturated heterocycles. The maximum absolute atomic E-state index is 11.7. The Balaban J connectivity index is 1.73. The van der Waals surface area contributed by atoms with Gasteiger partial charge in [0.15, 0.2) is 0 Å². The predicted molar refractivity (Wildman–Crippen MR) is 72.8 cm³/mol. The zero-order valence-electron chi connectivity index (χ0n) is 9.93. The van der Waals surface area contributed by atoms with Crippen molar-refractivity contribution in [3.05, 3.63) is 52.2 Å². The van der Waals surface area contributed by atoms with Crippen molar-refractivity contribution >= 4 is 17.2 Å². The number of carbonyl (C=O) groups excluding carboxylic acids is 1. The number of thiophene rings is 1. The molecule has 3 nitrogen and oxygen atoms in total. The molecule has 1 heterocycles. The summed E-state index contributed by atoms with van der Waals surface area (Å²) in [7, 11) is 0. The molecule has 2 N–H and O–H groups in total. The summed E-state index contributed by atoms with van der Waals surface area (Å²) in [5.41, 5.74) is 0.904. The second-order valence-corrected chi connectivity index (χ2v) is 5.05. The lowest BCUT2D eigenvalue weighted by Crippen LogP contribution is -2.27. The zero-order chi connectivity index (χ0) is 12.8. The molecule has 18 heavy (non-hydrogen) atoms. The average Bonchev–Trinajstić information content (AvgIpc) is 2.85. The Morgan fingerprint density at radius 1 is 1.22 bits per heavy atom. The second kappa shape index (κ2) is 6.21. The van der Waals surface area contributed by atoms with Crippen LogP contribution in [0.15, 0.2) is 41.8 Å². The van der Waals surface area contributed by atoms with Crippen molar-refractivity contribution in [3.63, 3.8) is 0 Å². The Morgan fingerprint density at radius 3 is 2.67 bits per heavy atom. The number of phenolic OH excluding ortho intramolecular Hbond substituents is 1. The molecule has 0 unspecified atom stereocenters. The third kappa shape index (κ3) is 3.89. The van der Waals surface area contributed by atoms with Gasteiger partial charge in [0.25, 0.3) is 0 Å². The first-order chi connectivity index (χ1) is 8.74. The first kappa shape index (κ1) is 12.6. The van der Waals surface area contributed by atoms with Crippen molar-refractivity contribution in [2.24, 2.45) is 0 Å². The van der Waals surface area contributed by atoms with Gasteiger partial charge in [0.2, 0.25) is 5.91 Å². The van der Waals surface area contributed by atoms with Crippen LogP contribution in [-0.4, -0.2) is 17.6 Å². The third-order valence-corrected chi connectivity index (χ3v) is 3.51. The van der Waals surface area contributed by atoms with Crippen molar-refractivity contribution in [2.75, 3.05) is 6.54 Å². The highest BCUT2D eigenvalue weighted by molar-refractivity contribution is 7.09. The Bertz CT molecular complexity index is 491. The summed E-state index contributed by atoms with van der Waals surface area (Å²) >= 11 is 1.70. The Labute approximate surface area is 110 Å². The van der Waals surface area contributed by atoms with Gasteiger partial charge < -0.3 is 10.4 Å². The van der Waals surface area contributed by atoms with E-state index in [0.29, 0.717) is 13.0 Å². The van der Waals surface area contributed by atoms with Gasteiger partial charge in [-0.25, -0.2) is 0 Å². The van der Waals surface area contributed by atoms with E-state index in [4.69, 9.17) is 5.11 Å². The molecule has 2 aromatic rings. The van der Waals surface area contributed by atoms with Gasteiger partial charge >= 0.3 is 0 Å². The topological polar surface area (TPSA) is 49.3 Å². The number of phenols is 1. The van der Waals surface area contributed by atoms with Crippen molar-refractivity contribution in [3.8, 4) is 5.75 Å². The standard InChI is InChI=1S/C14H15NO2S/c16-12-5-3-11(4-6-12)10-14(17)15-8-7-13-2-1-9-18-13/h1-6,9,16H,7-8,10H2,(H,15,17). The van der Waals surface area contributed by atoms with Crippen molar-refractivity contribution in [1.29, 1.82) is 0 Å². The molecule has 0 aliphatic heterocycles. The van der Waals surface area contributed by atoms with Gasteiger partial charge in [-0.05, 0) is 35.6 Å². The summed E-state index contributed by atoms with van der Waals surface area (Å²) in [6.45, 7) is 0.664. The fourth-order valence-electron chi connectivity index (χ4n) is 1.64. The van der Waals surface area contributed by atoms with Crippen LogP contribution in [0, 0.1) is 0 Å². The minimum Gasteiger partial charge on any atom is -0.508 e. The zero-order valence-corrected chi connectivity index (χ0v) is 10.7. The lowest BCUT2D eigenvalue weighted by Gasteiger charge is -2.04. The van der Waals surface area contributed by atoms with Crippen LogP contribution >= 0.6 is 11.3 Å². The molecule has 0 radical (unpaired) electrons. The molecular weight excluding hydrogens is 246 g/mol. The number of amides is 1. The van der Waals surface area contributed by atoms with Crippen molar-refractivity contribution in [2.45, 2.75) is 12.8 Å². The quantitative estimate of drug-likeness (QED) is 0.868. The largest absolute Gasteiger partial charge is 0.508 e. The summed E-state index contributed by atoms with van der Waals surface area (Å²) in [5, 5.41) is 14.1. The van der Waals surface area contributed by atoms with Crippen LogP contribution in [0.4, 0.5) is 0 Å². The van der Waals surface area contributed by atoms with E-state index in [0.717, 1.165) is 12.0 Å². The van der Waals surface area contributed by atoms with Crippen LogP contribution in [0.5, 0.6) is 5.75 Å². The van der Waals surface area contributed by atoms with E-state index in [1.165, 1.54) is 4.88 Å². The smallest absolute Gasteiger partial charge is 0.224 e. The highest BCUT2D eigenvalue weighted by Gasteiger charge is 2.03. The van der Waals surface area contributed by atoms with Gasteiger partial charge in [-0.1, -0.05) is 18.2 Å². The van der Waals surface area contributed by atoms with E-state index in [1.54, 1.807) is 35.6 Å². The normalized spacial score (nSPS) is 10.2. The van der Waals surface area contributed by atoms with Crippen LogP contribution < -0.4 is 5.32 Å². The maximum atomic E-state index is 11.7. The summed E-state index contributed by atoms with van der Waals surface area (Å²) in [5.74, 6) is 0.231. The fraction of sp³-hybridized carbons (Fsp3) is 0.214. The minimum absolute atomic E-state index is 0.0113. The molecule has 4 heteroatoms. The van der Waals surface area contributed by atoms with Crippen LogP contribution in [0.1, 0.15) is 10.4 Å². The molecule has 94 valence electrons. The van der Waals surface area contributed by atoms with Crippen molar-refractivity contribution < 1.29 is 9.90 Å². The fourth-order valence-corrected chi connectivity index (χ4v) is 2.35. The van der Waals surface area contributed by atoms with Gasteiger partial charge in [-0.2, -0.15) is 0 Å². The Kier molecular flexibility index (Phi) is 4.36. The van der Waals surface area contributed by atoms with Crippen molar-refractivity contribution in [1.82, 2.24) is 5.32 Å². The monoisotopic (exact) mass is 261 g/mol. The molecule has 1 aromatic heterocycles. The minimum atomic E-state index is 0.0113. The number of hydrogen-bond donors (Lipinski definition) is 2. The molecule has 2 rings (SSSR count). The molecule has 0 bridgehead atoms. The van der Waals surface area contributed by atoms with Gasteiger partial charge in [-0.3, -0.25) is 4.79 Å². The molecular formula is C14H15NO2S. The third-order valence-electron chi connectivity index (χ3n) is 2.57. The number of hydrogen-bond acceptors (Lipinski definition) is 3. The molecule has 0 fully saturated rings. The lowest BCUT2D eigenvalue weighted by atomic mass is 10.1. The molecule has 0 atom stereocenters. The Hall–Kier alpha value is -1.81. The molecule has 0 aliphatic carbocycles. The molecule has 1 aromatic carbocycles. The highest BCUT2D eigenvalue weighted by Crippen LogP contribution is 2.10. The van der Waals surface area contributed by atoms with E-state index in [9.17, 15) is 4.79 Å². The van der Waals surface area contributed by atoms with E-state index in [-0.39, 0.29) is 11.7 Å². The first-order valence-corrected chi connectivity index (χ1v) is 6.69. The number of benzene rings is 1. The summed E-state index contributed by atoms with van der Waals surface area (Å²) in [4.78, 5) is 12.9. The number of rotatable bonds is 5. The summed E-state index contributed by atoms with van der Waals surface area (Å²) in [6.07, 6.45) is 1.23. The molecule has 0 saturated carbocycles. The average molecular weight is 261 g/mol. The van der Waals surface area contributed by atoms with Crippen LogP contribution in [0.2, 0.25) is 0 Å². The molecule has 0 aliphatic rings. The van der Waals surface area contributed by atoms with E-state index < -0.39 is 0 Å². The van der Waals surface area contributed by atoms with Crippen LogP contribution in [-0.2, 0) is 17.6 Å². The maximum Gasteiger partial charge on any atom is 0.224 e. The van der Waals surface area contributed by atoms with E-state index >= 15 is 0 Å². The number of carbonyl (C=O) groups is 1. The summed E-state index contributed by atoms with van der Waals surface area (Å²) in [6, 6.07) is 10.8. The van der Waals surface area contributed by atoms with Gasteiger partial charge in [0.05, 0.1) is 6.42 Å². The number of nitrogens with one attached hydrogen (secondary N) is 1. The van der Waals surface area contributed by atoms with Gasteiger partial charge in [0.1, 0.15) is 5.75 Å². The van der Waals surface area contributed by atoms with Crippen LogP contribution in [0.3, 0.4) is 0 Å². The SMILES string of the molecule is O=C(Cc1ccc(O)cc1)NCCc1cccs1. The second-order valence-electron chi connectivity index (χ2n) is 4.02. The summed E-state index contributed by atoms with van der Waals surface area (Å²) < 4.78 is 0. The molecule has 0 spiro atoms.